The largest absolute Gasteiger partial charge is 0.390 e. The van der Waals surface area contributed by atoms with Gasteiger partial charge in [-0.05, 0) is 6.42 Å². The van der Waals surface area contributed by atoms with Crippen LogP contribution in [0.5, 0.6) is 0 Å². The monoisotopic (exact) mass is 232 g/mol. The fourth-order valence-electron chi connectivity index (χ4n) is 0.779. The van der Waals surface area contributed by atoms with Gasteiger partial charge in [-0.3, -0.25) is 0 Å². The van der Waals surface area contributed by atoms with Crippen LogP contribution in [0.4, 0.5) is 13.2 Å². The summed E-state index contributed by atoms with van der Waals surface area (Å²) in [5.41, 5.74) is 0. The van der Waals surface area contributed by atoms with Gasteiger partial charge in [0.05, 0.1) is 6.42 Å². The van der Waals surface area contributed by atoms with E-state index in [9.17, 15) is 13.2 Å². The van der Waals surface area contributed by atoms with E-state index in [1.165, 1.54) is 0 Å². The highest BCUT2D eigenvalue weighted by Crippen LogP contribution is 2.27. The first kappa shape index (κ1) is 11.3. The molecule has 0 radical (unpaired) electrons. The van der Waals surface area contributed by atoms with Gasteiger partial charge in [0.15, 0.2) is 0 Å². The first-order valence-corrected chi connectivity index (χ1v) is 4.58. The maximum Gasteiger partial charge on any atom is 0.390 e. The normalized spacial score (nSPS) is 15.0. The Bertz CT molecular complexity index is 100. The van der Waals surface area contributed by atoms with Crippen molar-refractivity contribution in [3.8, 4) is 0 Å². The molecule has 0 saturated carbocycles. The molecule has 4 heteroatoms. The smallest absolute Gasteiger partial charge is 0.171 e. The first-order chi connectivity index (χ1) is 4.95. The van der Waals surface area contributed by atoms with Crippen molar-refractivity contribution in [2.45, 2.75) is 43.6 Å². The fraction of sp³-hybridized carbons (Fsp3) is 1.00. The zero-order chi connectivity index (χ0) is 8.91. The maximum absolute atomic E-state index is 11.7. The molecular weight excluding hydrogens is 221 g/mol. The molecule has 0 aliphatic heterocycles. The fourth-order valence-corrected chi connectivity index (χ4v) is 1.47. The number of rotatable bonds is 4. The van der Waals surface area contributed by atoms with E-state index in [2.05, 4.69) is 15.9 Å². The highest BCUT2D eigenvalue weighted by atomic mass is 79.9. The first-order valence-electron chi connectivity index (χ1n) is 3.66. The highest BCUT2D eigenvalue weighted by Gasteiger charge is 2.30. The van der Waals surface area contributed by atoms with E-state index in [1.807, 2.05) is 6.92 Å². The molecule has 0 N–H and O–H groups in total. The van der Waals surface area contributed by atoms with E-state index >= 15 is 0 Å². The van der Waals surface area contributed by atoms with E-state index in [0.717, 1.165) is 12.8 Å². The summed E-state index contributed by atoms with van der Waals surface area (Å²) in [6.45, 7) is 1.97. The van der Waals surface area contributed by atoms with Crippen LogP contribution >= 0.6 is 15.9 Å². The van der Waals surface area contributed by atoms with Gasteiger partial charge in [0.1, 0.15) is 0 Å². The van der Waals surface area contributed by atoms with Crippen LogP contribution in [0.2, 0.25) is 0 Å². The van der Waals surface area contributed by atoms with Crippen molar-refractivity contribution in [1.82, 2.24) is 0 Å². The van der Waals surface area contributed by atoms with Gasteiger partial charge in [0.25, 0.3) is 0 Å². The molecule has 0 aliphatic rings. The Balaban J connectivity index is 3.44. The summed E-state index contributed by atoms with van der Waals surface area (Å²) in [6.07, 6.45) is -2.34. The summed E-state index contributed by atoms with van der Waals surface area (Å²) in [5, 5.41) is 0. The predicted molar refractivity (Wildman–Crippen MR) is 42.9 cm³/mol. The lowest BCUT2D eigenvalue weighted by Crippen LogP contribution is -2.14. The van der Waals surface area contributed by atoms with Crippen LogP contribution in [0.1, 0.15) is 32.6 Å². The molecule has 0 fully saturated rings. The summed E-state index contributed by atoms with van der Waals surface area (Å²) in [5.74, 6) is 0. The van der Waals surface area contributed by atoms with Crippen LogP contribution in [0.3, 0.4) is 0 Å². The number of unbranched alkanes of at least 4 members (excludes halogenated alkanes) is 1. The van der Waals surface area contributed by atoms with Crippen molar-refractivity contribution in [2.24, 2.45) is 0 Å². The summed E-state index contributed by atoms with van der Waals surface area (Å²) in [6, 6.07) is 0. The van der Waals surface area contributed by atoms with Gasteiger partial charge in [-0.2, -0.15) is 13.2 Å². The topological polar surface area (TPSA) is 0 Å². The van der Waals surface area contributed by atoms with Crippen LogP contribution in [-0.2, 0) is 0 Å². The Labute approximate surface area is 73.3 Å². The highest BCUT2D eigenvalue weighted by molar-refractivity contribution is 9.09. The Morgan fingerprint density at radius 2 is 1.91 bits per heavy atom. The SMILES string of the molecule is CCCCC(Br)CC(F)(F)F. The van der Waals surface area contributed by atoms with Crippen LogP contribution < -0.4 is 0 Å². The van der Waals surface area contributed by atoms with E-state index in [0.29, 0.717) is 6.42 Å². The third-order valence-corrected chi connectivity index (χ3v) is 2.11. The average Bonchev–Trinajstić information content (AvgIpc) is 1.79. The van der Waals surface area contributed by atoms with Gasteiger partial charge in [0, 0.05) is 4.83 Å². The minimum absolute atomic E-state index is 0.401. The average molecular weight is 233 g/mol. The van der Waals surface area contributed by atoms with Gasteiger partial charge in [-0.1, -0.05) is 35.7 Å². The molecule has 0 bridgehead atoms. The summed E-state index contributed by atoms with van der Waals surface area (Å²) >= 11 is 2.99. The Hall–Kier alpha value is 0.270. The van der Waals surface area contributed by atoms with Gasteiger partial charge in [-0.25, -0.2) is 0 Å². The quantitative estimate of drug-likeness (QED) is 0.646. The van der Waals surface area contributed by atoms with E-state index in [1.54, 1.807) is 0 Å². The van der Waals surface area contributed by atoms with Crippen molar-refractivity contribution in [1.29, 1.82) is 0 Å². The van der Waals surface area contributed by atoms with Gasteiger partial charge >= 0.3 is 6.18 Å². The molecule has 0 nitrogen and oxygen atoms in total. The molecule has 0 heterocycles. The Morgan fingerprint density at radius 1 is 1.36 bits per heavy atom. The second kappa shape index (κ2) is 5.01. The molecule has 11 heavy (non-hydrogen) atoms. The number of halogens is 4. The molecule has 1 unspecified atom stereocenters. The van der Waals surface area contributed by atoms with E-state index in [4.69, 9.17) is 0 Å². The molecule has 0 saturated heterocycles. The molecule has 0 aromatic heterocycles. The summed E-state index contributed by atoms with van der Waals surface area (Å²) in [7, 11) is 0. The minimum atomic E-state index is -4.03. The Morgan fingerprint density at radius 3 is 2.27 bits per heavy atom. The second-order valence-electron chi connectivity index (χ2n) is 2.56. The molecule has 0 aromatic rings. The number of hydrogen-bond acceptors (Lipinski definition) is 0. The zero-order valence-electron chi connectivity index (χ0n) is 6.42. The third-order valence-electron chi connectivity index (χ3n) is 1.32. The molecule has 0 spiro atoms. The van der Waals surface area contributed by atoms with Crippen LogP contribution in [-0.4, -0.2) is 11.0 Å². The van der Waals surface area contributed by atoms with E-state index < -0.39 is 17.4 Å². The molecular formula is C7H12BrF3. The maximum atomic E-state index is 11.7. The van der Waals surface area contributed by atoms with Crippen molar-refractivity contribution in [3.63, 3.8) is 0 Å². The molecule has 0 aromatic carbocycles. The third kappa shape index (κ3) is 8.17. The van der Waals surface area contributed by atoms with Gasteiger partial charge in [0.2, 0.25) is 0 Å². The zero-order valence-corrected chi connectivity index (χ0v) is 8.00. The lowest BCUT2D eigenvalue weighted by atomic mass is 10.1. The lowest BCUT2D eigenvalue weighted by molar-refractivity contribution is -0.134. The Kier molecular flexibility index (Phi) is 5.13. The van der Waals surface area contributed by atoms with Crippen molar-refractivity contribution in [3.05, 3.63) is 0 Å². The number of alkyl halides is 4. The van der Waals surface area contributed by atoms with Crippen LogP contribution in [0, 0.1) is 0 Å². The molecule has 0 amide bonds. The molecule has 1 atom stereocenters. The molecule has 68 valence electrons. The standard InChI is InChI=1S/C7H12BrF3/c1-2-3-4-6(8)5-7(9,10)11/h6H,2-5H2,1H3. The summed E-state index contributed by atoms with van der Waals surface area (Å²) < 4.78 is 35.1. The van der Waals surface area contributed by atoms with Gasteiger partial charge in [-0.15, -0.1) is 0 Å². The van der Waals surface area contributed by atoms with Crippen LogP contribution in [0.15, 0.2) is 0 Å². The lowest BCUT2D eigenvalue weighted by Gasteiger charge is -2.11. The van der Waals surface area contributed by atoms with Crippen molar-refractivity contribution in [2.75, 3.05) is 0 Å². The second-order valence-corrected chi connectivity index (χ2v) is 3.85. The van der Waals surface area contributed by atoms with Gasteiger partial charge < -0.3 is 0 Å². The number of hydrogen-bond donors (Lipinski definition) is 0. The molecule has 0 aliphatic carbocycles. The minimum Gasteiger partial charge on any atom is -0.171 e. The molecule has 0 rings (SSSR count). The van der Waals surface area contributed by atoms with E-state index in [-0.39, 0.29) is 0 Å². The summed E-state index contributed by atoms with van der Waals surface area (Å²) in [4.78, 5) is -0.401. The van der Waals surface area contributed by atoms with Crippen molar-refractivity contribution < 1.29 is 13.2 Å². The van der Waals surface area contributed by atoms with Crippen molar-refractivity contribution >= 4 is 15.9 Å². The predicted octanol–water partition coefficient (Wildman–Crippen LogP) is 3.89. The van der Waals surface area contributed by atoms with Crippen LogP contribution in [0.25, 0.3) is 0 Å².